The number of carboxylic acids is 1. The fourth-order valence-electron chi connectivity index (χ4n) is 2.61. The third-order valence-corrected chi connectivity index (χ3v) is 3.64. The van der Waals surface area contributed by atoms with Gasteiger partial charge in [-0.3, -0.25) is 9.69 Å². The number of aliphatic carboxylic acids is 1. The third kappa shape index (κ3) is 6.36. The van der Waals surface area contributed by atoms with Gasteiger partial charge in [0.05, 0.1) is 12.6 Å². The Balaban J connectivity index is 2.54. The predicted octanol–water partition coefficient (Wildman–Crippen LogP) is 1.28. The summed E-state index contributed by atoms with van der Waals surface area (Å²) in [5.41, 5.74) is 0. The van der Waals surface area contributed by atoms with Crippen molar-refractivity contribution in [2.24, 2.45) is 0 Å². The summed E-state index contributed by atoms with van der Waals surface area (Å²) < 4.78 is 5.74. The zero-order chi connectivity index (χ0) is 14.3. The van der Waals surface area contributed by atoms with E-state index >= 15 is 0 Å². The van der Waals surface area contributed by atoms with Crippen LogP contribution in [0.25, 0.3) is 0 Å². The van der Waals surface area contributed by atoms with Crippen molar-refractivity contribution >= 4 is 5.97 Å². The van der Waals surface area contributed by atoms with Crippen LogP contribution in [-0.2, 0) is 9.53 Å². The minimum absolute atomic E-state index is 0.136. The second-order valence-electron chi connectivity index (χ2n) is 5.63. The fourth-order valence-corrected chi connectivity index (χ4v) is 2.61. The highest BCUT2D eigenvalue weighted by Gasteiger charge is 2.27. The van der Waals surface area contributed by atoms with Gasteiger partial charge in [0.2, 0.25) is 0 Å². The van der Waals surface area contributed by atoms with Crippen LogP contribution in [0.15, 0.2) is 0 Å². The minimum atomic E-state index is -0.739. The lowest BCUT2D eigenvalue weighted by Gasteiger charge is -2.37. The number of rotatable bonds is 8. The van der Waals surface area contributed by atoms with Crippen LogP contribution in [0.3, 0.4) is 0 Å². The smallest absolute Gasteiger partial charge is 0.317 e. The molecule has 19 heavy (non-hydrogen) atoms. The van der Waals surface area contributed by atoms with Crippen LogP contribution < -0.4 is 0 Å². The number of carbonyl (C=O) groups is 1. The topological polar surface area (TPSA) is 53.0 Å². The lowest BCUT2D eigenvalue weighted by atomic mass is 9.98. The van der Waals surface area contributed by atoms with Crippen molar-refractivity contribution in [3.8, 4) is 0 Å². The van der Waals surface area contributed by atoms with E-state index in [0.29, 0.717) is 12.1 Å². The maximum atomic E-state index is 11.0. The Kier molecular flexibility index (Phi) is 7.34. The van der Waals surface area contributed by atoms with Gasteiger partial charge >= 0.3 is 5.97 Å². The summed E-state index contributed by atoms with van der Waals surface area (Å²) in [4.78, 5) is 15.2. The van der Waals surface area contributed by atoms with Crippen LogP contribution in [0.4, 0.5) is 0 Å². The highest BCUT2D eigenvalue weighted by atomic mass is 16.5. The summed E-state index contributed by atoms with van der Waals surface area (Å²) in [7, 11) is 4.03. The zero-order valence-electron chi connectivity index (χ0n) is 12.5. The van der Waals surface area contributed by atoms with Crippen LogP contribution in [0.2, 0.25) is 0 Å². The molecule has 0 bridgehead atoms. The SMILES string of the molecule is CCCC1CC(N(CCN(C)C)CC(=O)O)CCO1. The second kappa shape index (κ2) is 8.51. The van der Waals surface area contributed by atoms with E-state index in [1.807, 2.05) is 14.1 Å². The standard InChI is InChI=1S/C14H28N2O3/c1-4-5-13-10-12(6-9-19-13)16(11-14(17)18)8-7-15(2)3/h12-13H,4-11H2,1-3H3,(H,17,18). The lowest BCUT2D eigenvalue weighted by Crippen LogP contribution is -2.47. The molecule has 0 amide bonds. The number of hydrogen-bond donors (Lipinski definition) is 1. The van der Waals surface area contributed by atoms with Crippen molar-refractivity contribution in [3.05, 3.63) is 0 Å². The Morgan fingerprint density at radius 3 is 2.68 bits per heavy atom. The Labute approximate surface area is 116 Å². The van der Waals surface area contributed by atoms with Crippen molar-refractivity contribution in [2.75, 3.05) is 40.3 Å². The van der Waals surface area contributed by atoms with E-state index in [1.54, 1.807) is 0 Å². The highest BCUT2D eigenvalue weighted by molar-refractivity contribution is 5.69. The highest BCUT2D eigenvalue weighted by Crippen LogP contribution is 2.22. The van der Waals surface area contributed by atoms with Gasteiger partial charge in [0.15, 0.2) is 0 Å². The van der Waals surface area contributed by atoms with E-state index in [2.05, 4.69) is 16.7 Å². The van der Waals surface area contributed by atoms with Crippen molar-refractivity contribution in [1.82, 2.24) is 9.80 Å². The van der Waals surface area contributed by atoms with Crippen LogP contribution in [0.5, 0.6) is 0 Å². The number of nitrogens with zero attached hydrogens (tertiary/aromatic N) is 2. The van der Waals surface area contributed by atoms with Crippen molar-refractivity contribution < 1.29 is 14.6 Å². The average molecular weight is 272 g/mol. The number of likely N-dealkylation sites (N-methyl/N-ethyl adjacent to an activating group) is 1. The first-order chi connectivity index (χ1) is 9.02. The third-order valence-electron chi connectivity index (χ3n) is 3.64. The van der Waals surface area contributed by atoms with E-state index in [0.717, 1.165) is 45.4 Å². The van der Waals surface area contributed by atoms with Gasteiger partial charge in [0, 0.05) is 25.7 Å². The van der Waals surface area contributed by atoms with Crippen molar-refractivity contribution in [3.63, 3.8) is 0 Å². The molecule has 5 heteroatoms. The van der Waals surface area contributed by atoms with E-state index in [-0.39, 0.29) is 6.54 Å². The van der Waals surface area contributed by atoms with Crippen molar-refractivity contribution in [2.45, 2.75) is 44.8 Å². The van der Waals surface area contributed by atoms with Crippen LogP contribution in [0.1, 0.15) is 32.6 Å². The monoisotopic (exact) mass is 272 g/mol. The predicted molar refractivity (Wildman–Crippen MR) is 75.4 cm³/mol. The summed E-state index contributed by atoms with van der Waals surface area (Å²) in [6, 6.07) is 0.348. The van der Waals surface area contributed by atoms with Gasteiger partial charge < -0.3 is 14.7 Å². The Morgan fingerprint density at radius 1 is 1.37 bits per heavy atom. The summed E-state index contributed by atoms with van der Waals surface area (Å²) in [5.74, 6) is -0.739. The van der Waals surface area contributed by atoms with Crippen molar-refractivity contribution in [1.29, 1.82) is 0 Å². The van der Waals surface area contributed by atoms with Gasteiger partial charge in [-0.1, -0.05) is 13.3 Å². The molecule has 1 saturated heterocycles. The molecule has 0 spiro atoms. The molecule has 112 valence electrons. The molecule has 1 rings (SSSR count). The molecule has 0 aromatic carbocycles. The maximum Gasteiger partial charge on any atom is 0.317 e. The number of carboxylic acid groups (broad SMARTS) is 1. The minimum Gasteiger partial charge on any atom is -0.480 e. The summed E-state index contributed by atoms with van der Waals surface area (Å²) in [5, 5.41) is 9.06. The molecular weight excluding hydrogens is 244 g/mol. The van der Waals surface area contributed by atoms with Gasteiger partial charge in [-0.2, -0.15) is 0 Å². The molecule has 0 aromatic rings. The van der Waals surface area contributed by atoms with Gasteiger partial charge in [-0.15, -0.1) is 0 Å². The summed E-state index contributed by atoms with van der Waals surface area (Å²) >= 11 is 0. The molecule has 0 aromatic heterocycles. The molecule has 1 aliphatic rings. The first-order valence-electron chi connectivity index (χ1n) is 7.25. The fraction of sp³-hybridized carbons (Fsp3) is 0.929. The lowest BCUT2D eigenvalue weighted by molar-refractivity contribution is -0.140. The summed E-state index contributed by atoms with van der Waals surface area (Å²) in [6.45, 7) is 4.75. The van der Waals surface area contributed by atoms with Crippen LogP contribution in [0, 0.1) is 0 Å². The number of hydrogen-bond acceptors (Lipinski definition) is 4. The van der Waals surface area contributed by atoms with E-state index in [1.165, 1.54) is 0 Å². The Morgan fingerprint density at radius 2 is 2.11 bits per heavy atom. The van der Waals surface area contributed by atoms with E-state index < -0.39 is 5.97 Å². The largest absolute Gasteiger partial charge is 0.480 e. The van der Waals surface area contributed by atoms with Crippen LogP contribution >= 0.6 is 0 Å². The second-order valence-corrected chi connectivity index (χ2v) is 5.63. The molecule has 1 aliphatic heterocycles. The van der Waals surface area contributed by atoms with Gasteiger partial charge in [0.25, 0.3) is 0 Å². The number of ether oxygens (including phenoxy) is 1. The average Bonchev–Trinajstić information content (AvgIpc) is 2.34. The van der Waals surface area contributed by atoms with Gasteiger partial charge in [-0.05, 0) is 33.4 Å². The Bertz CT molecular complexity index is 269. The van der Waals surface area contributed by atoms with Gasteiger partial charge in [-0.25, -0.2) is 0 Å². The summed E-state index contributed by atoms with van der Waals surface area (Å²) in [6.07, 6.45) is 4.41. The molecule has 2 atom stereocenters. The van der Waals surface area contributed by atoms with E-state index in [9.17, 15) is 4.79 Å². The Hall–Kier alpha value is -0.650. The molecule has 0 aliphatic carbocycles. The van der Waals surface area contributed by atoms with E-state index in [4.69, 9.17) is 9.84 Å². The molecule has 0 radical (unpaired) electrons. The van der Waals surface area contributed by atoms with Crippen LogP contribution in [-0.4, -0.2) is 73.4 Å². The first kappa shape index (κ1) is 16.4. The zero-order valence-corrected chi connectivity index (χ0v) is 12.5. The molecular formula is C14H28N2O3. The molecule has 1 N–H and O–H groups in total. The normalized spacial score (nSPS) is 24.1. The molecule has 2 unspecified atom stereocenters. The molecule has 1 heterocycles. The molecule has 5 nitrogen and oxygen atoms in total. The maximum absolute atomic E-state index is 11.0. The molecule has 1 fully saturated rings. The first-order valence-corrected chi connectivity index (χ1v) is 7.25. The quantitative estimate of drug-likeness (QED) is 0.721. The van der Waals surface area contributed by atoms with Gasteiger partial charge in [0.1, 0.15) is 0 Å². The molecule has 0 saturated carbocycles.